The molecule has 0 amide bonds. The highest BCUT2D eigenvalue weighted by Crippen LogP contribution is 2.12. The maximum atomic E-state index is 6.31. The minimum atomic E-state index is 0.560. The van der Waals surface area contributed by atoms with Crippen LogP contribution in [-0.4, -0.2) is 429 Å². The number of nitrogens with two attached hydrogens (primary N) is 16. The highest BCUT2D eigenvalue weighted by Gasteiger charge is 2.19. The first-order valence-corrected chi connectivity index (χ1v) is 45.8. The fraction of sp³-hybridized carbons (Fsp3) is 1.00. The van der Waals surface area contributed by atoms with Crippen LogP contribution in [0.25, 0.3) is 0 Å². The van der Waals surface area contributed by atoms with Crippen LogP contribution < -0.4 is 91.7 Å². The summed E-state index contributed by atoms with van der Waals surface area (Å²) in [5.41, 5.74) is 97.5. The molecule has 0 spiro atoms. The van der Waals surface area contributed by atoms with Crippen LogP contribution in [0.2, 0.25) is 0 Å². The Balaban J connectivity index is 7.67. The number of rotatable bonds is 94. The van der Waals surface area contributed by atoms with E-state index in [0.29, 0.717) is 105 Å². The third kappa shape index (κ3) is 68.3. The summed E-state index contributed by atoms with van der Waals surface area (Å²) in [6, 6.07) is 0. The highest BCUT2D eigenvalue weighted by atomic mass is 15.2. The summed E-state index contributed by atoms with van der Waals surface area (Å²) in [7, 11) is 0. The molecule has 0 aliphatic rings. The van der Waals surface area contributed by atoms with E-state index in [0.717, 1.165) is 422 Å². The van der Waals surface area contributed by atoms with Gasteiger partial charge in [-0.15, -0.1) is 0 Å². The summed E-state index contributed by atoms with van der Waals surface area (Å²) in [5.74, 6) is 0. The van der Waals surface area contributed by atoms with Gasteiger partial charge in [-0.3, -0.25) is 14.7 Å². The Labute approximate surface area is 684 Å². The van der Waals surface area contributed by atoms with Gasteiger partial charge in [0.25, 0.3) is 0 Å². The molecular formula is C81H194N30. The Morgan fingerprint density at radius 3 is 0.216 bits per heavy atom. The minimum Gasteiger partial charge on any atom is -0.330 e. The second-order valence-electron chi connectivity index (χ2n) is 31.6. The molecule has 0 aliphatic heterocycles. The molecule has 0 radical (unpaired) electrons. The molecule has 30 heteroatoms. The predicted octanol–water partition coefficient (Wildman–Crippen LogP) is -1.43. The lowest BCUT2D eigenvalue weighted by Gasteiger charge is -2.31. The zero-order chi connectivity index (χ0) is 81.4. The van der Waals surface area contributed by atoms with Crippen LogP contribution in [0.15, 0.2) is 0 Å². The molecule has 0 heterocycles. The summed E-state index contributed by atoms with van der Waals surface area (Å²) < 4.78 is 0. The van der Waals surface area contributed by atoms with E-state index in [2.05, 4.69) is 68.6 Å². The number of nitrogens with zero attached hydrogens (tertiary/aromatic N) is 14. The third-order valence-electron chi connectivity index (χ3n) is 21.9. The summed E-state index contributed by atoms with van der Waals surface area (Å²) in [5, 5.41) is 0. The topological polar surface area (TPSA) is 462 Å². The molecule has 0 bridgehead atoms. The monoisotopic (exact) mass is 1590 g/mol. The Morgan fingerprint density at radius 1 is 0.0811 bits per heavy atom. The van der Waals surface area contributed by atoms with Gasteiger partial charge in [0.15, 0.2) is 0 Å². The SMILES string of the molecule is NCCCN(CN)CCCN(CCCN(CN)CCCN)CCCN(CCCN(CCCN(CN)CCCN)CCCN(CCCN)CCCN)CCCN(CCCN(CCCN(CCCN)CCCN)CCCN(CCCN)CCCN)CCCN(CCCN(CCCN)CCCN)CCCN(CCCN)CCCN. The van der Waals surface area contributed by atoms with E-state index in [1.54, 1.807) is 0 Å². The average Bonchev–Trinajstić information content (AvgIpc) is 0.951. The van der Waals surface area contributed by atoms with Crippen LogP contribution in [0.1, 0.15) is 167 Å². The molecule has 0 aliphatic carbocycles. The Morgan fingerprint density at radius 2 is 0.144 bits per heavy atom. The second kappa shape index (κ2) is 85.2. The van der Waals surface area contributed by atoms with Gasteiger partial charge in [0.2, 0.25) is 0 Å². The van der Waals surface area contributed by atoms with Crippen LogP contribution in [0.5, 0.6) is 0 Å². The van der Waals surface area contributed by atoms with Crippen molar-refractivity contribution in [2.75, 3.05) is 360 Å². The first-order valence-electron chi connectivity index (χ1n) is 45.8. The molecule has 0 aromatic heterocycles. The zero-order valence-electron chi connectivity index (χ0n) is 72.8. The van der Waals surface area contributed by atoms with Crippen molar-refractivity contribution in [2.45, 2.75) is 167 Å². The van der Waals surface area contributed by atoms with E-state index in [9.17, 15) is 0 Å². The molecule has 0 saturated carbocycles. The smallest absolute Gasteiger partial charge is 0.0455 e. The molecule has 0 atom stereocenters. The van der Waals surface area contributed by atoms with Crippen molar-refractivity contribution in [3.63, 3.8) is 0 Å². The molecule has 0 aromatic rings. The lowest BCUT2D eigenvalue weighted by atomic mass is 10.2. The fourth-order valence-electron chi connectivity index (χ4n) is 15.4. The van der Waals surface area contributed by atoms with Gasteiger partial charge in [-0.05, 0) is 468 Å². The first kappa shape index (κ1) is 110. The lowest BCUT2D eigenvalue weighted by Crippen LogP contribution is -2.39. The molecule has 0 saturated heterocycles. The Bertz CT molecular complexity index is 1630. The van der Waals surface area contributed by atoms with Crippen molar-refractivity contribution < 1.29 is 0 Å². The summed E-state index contributed by atoms with van der Waals surface area (Å²) >= 11 is 0. The van der Waals surface area contributed by atoms with E-state index >= 15 is 0 Å². The predicted molar refractivity (Wildman–Crippen MR) is 480 cm³/mol. The highest BCUT2D eigenvalue weighted by molar-refractivity contribution is 4.76. The molecule has 32 N–H and O–H groups in total. The standard InChI is InChI=1S/C81H194N30/c82-27-1-40-98(41-2-28-83)53-14-58-103(59-15-54-99(42-3-29-84)43-4-30-85)63-19-65-105(66-20-64-104(60-16-55-100(44-5-31-86)45-6-32-87)61-17-56-101(46-7-33-88)47-8-34-89)67-21-68-106(70-23-72-108(74-25-77-110(80-96)51-12-38-93)75-26-78-111(81-97)52-13-39-94)69-22-71-107(73-24-76-109(79-95)50-11-37-92)62-18-57-102(48-9-35-90)49-10-36-91/h1-97H2. The van der Waals surface area contributed by atoms with Gasteiger partial charge in [-0.25, -0.2) is 0 Å². The Hall–Kier alpha value is -1.20. The van der Waals surface area contributed by atoms with E-state index in [-0.39, 0.29) is 0 Å². The quantitative estimate of drug-likeness (QED) is 0.0310. The van der Waals surface area contributed by atoms with Gasteiger partial charge in [0.05, 0.1) is 0 Å². The van der Waals surface area contributed by atoms with E-state index in [1.807, 2.05) is 0 Å². The van der Waals surface area contributed by atoms with Crippen molar-refractivity contribution in [1.82, 2.24) is 68.6 Å². The van der Waals surface area contributed by atoms with E-state index in [4.69, 9.17) is 91.7 Å². The minimum absolute atomic E-state index is 0.560. The van der Waals surface area contributed by atoms with Gasteiger partial charge in [0, 0.05) is 59.3 Å². The van der Waals surface area contributed by atoms with Crippen molar-refractivity contribution in [3.05, 3.63) is 0 Å². The maximum Gasteiger partial charge on any atom is 0.0455 e. The maximum absolute atomic E-state index is 6.31. The second-order valence-corrected chi connectivity index (χ2v) is 31.6. The van der Waals surface area contributed by atoms with Crippen LogP contribution in [0.4, 0.5) is 0 Å². The van der Waals surface area contributed by atoms with Crippen LogP contribution in [0.3, 0.4) is 0 Å². The molecule has 111 heavy (non-hydrogen) atoms. The molecule has 668 valence electrons. The number of hydrogen-bond acceptors (Lipinski definition) is 30. The first-order chi connectivity index (χ1) is 54.5. The average molecular weight is 1590 g/mol. The van der Waals surface area contributed by atoms with Gasteiger partial charge >= 0.3 is 0 Å². The third-order valence-corrected chi connectivity index (χ3v) is 21.9. The fourth-order valence-corrected chi connectivity index (χ4v) is 15.4. The van der Waals surface area contributed by atoms with Crippen LogP contribution in [0, 0.1) is 0 Å². The molecule has 0 unspecified atom stereocenters. The normalized spacial score (nSPS) is 12.6. The van der Waals surface area contributed by atoms with Gasteiger partial charge in [0.1, 0.15) is 0 Å². The van der Waals surface area contributed by atoms with Crippen LogP contribution >= 0.6 is 0 Å². The van der Waals surface area contributed by atoms with E-state index < -0.39 is 0 Å². The molecule has 30 nitrogen and oxygen atoms in total. The van der Waals surface area contributed by atoms with Crippen molar-refractivity contribution in [2.24, 2.45) is 91.7 Å². The molecular weight excluding hydrogens is 1390 g/mol. The van der Waals surface area contributed by atoms with Crippen molar-refractivity contribution in [3.8, 4) is 0 Å². The lowest BCUT2D eigenvalue weighted by molar-refractivity contribution is 0.168. The van der Waals surface area contributed by atoms with Gasteiger partial charge < -0.3 is 146 Å². The molecule has 0 fully saturated rings. The summed E-state index contributed by atoms with van der Waals surface area (Å²) in [6.07, 6.45) is 27.5. The zero-order valence-corrected chi connectivity index (χ0v) is 72.8. The van der Waals surface area contributed by atoms with Crippen LogP contribution in [-0.2, 0) is 0 Å². The van der Waals surface area contributed by atoms with E-state index in [1.165, 1.54) is 0 Å². The molecule has 0 aromatic carbocycles. The summed E-state index contributed by atoms with van der Waals surface area (Å²) in [4.78, 5) is 36.8. The van der Waals surface area contributed by atoms with Crippen molar-refractivity contribution in [1.29, 1.82) is 0 Å². The largest absolute Gasteiger partial charge is 0.330 e. The number of hydrogen-bond donors (Lipinski definition) is 16. The van der Waals surface area contributed by atoms with Crippen molar-refractivity contribution >= 4 is 0 Å². The van der Waals surface area contributed by atoms with Gasteiger partial charge in [-0.1, -0.05) is 0 Å². The molecule has 0 rings (SSSR count). The summed E-state index contributed by atoms with van der Waals surface area (Å²) in [6.45, 7) is 51.6. The van der Waals surface area contributed by atoms with Gasteiger partial charge in [-0.2, -0.15) is 0 Å². The Kier molecular flexibility index (Phi) is 84.3.